The van der Waals surface area contributed by atoms with Crippen molar-refractivity contribution in [1.82, 2.24) is 5.32 Å². The second-order valence-electron chi connectivity index (χ2n) is 2.93. The molecule has 2 amide bonds. The van der Waals surface area contributed by atoms with Gasteiger partial charge in [0.1, 0.15) is 6.61 Å². The van der Waals surface area contributed by atoms with Gasteiger partial charge in [0.2, 0.25) is 5.91 Å². The lowest BCUT2D eigenvalue weighted by atomic mass is 10.2. The van der Waals surface area contributed by atoms with Gasteiger partial charge in [0.15, 0.2) is 6.04 Å². The normalized spacial score (nSPS) is 13.1. The van der Waals surface area contributed by atoms with Crippen LogP contribution in [0.1, 0.15) is 6.42 Å². The van der Waals surface area contributed by atoms with E-state index in [0.29, 0.717) is 0 Å². The van der Waals surface area contributed by atoms with E-state index in [-0.39, 0.29) is 5.48 Å². The van der Waals surface area contributed by atoms with E-state index in [4.69, 9.17) is 10.8 Å². The molecule has 0 aliphatic heterocycles. The Bertz CT molecular complexity index is 269. The molecule has 0 spiro atoms. The van der Waals surface area contributed by atoms with Gasteiger partial charge >= 0.3 is 0 Å². The number of rotatable bonds is 6. The van der Waals surface area contributed by atoms with E-state index in [1.165, 1.54) is 0 Å². The lowest BCUT2D eigenvalue weighted by Gasteiger charge is -2.18. The molecule has 0 radical (unpaired) electrons. The minimum absolute atomic E-state index is 0. The Morgan fingerprint density at radius 1 is 1.44 bits per heavy atom. The van der Waals surface area contributed by atoms with Crippen LogP contribution >= 0.6 is 0 Å². The zero-order valence-corrected chi connectivity index (χ0v) is 8.43. The number of carbonyl (C=O) groups is 3. The quantitative estimate of drug-likeness (QED) is 0.356. The van der Waals surface area contributed by atoms with Gasteiger partial charge in [-0.3, -0.25) is 9.59 Å². The monoisotopic (exact) mass is 237 g/mol. The fourth-order valence-electron chi connectivity index (χ4n) is 0.767. The molecular formula is C7H15N3O6. The van der Waals surface area contributed by atoms with Crippen molar-refractivity contribution in [2.75, 3.05) is 6.61 Å². The number of carbonyl (C=O) groups excluding carboxylic acids is 3. The predicted molar refractivity (Wildman–Crippen MR) is 48.1 cm³/mol. The van der Waals surface area contributed by atoms with Crippen molar-refractivity contribution in [2.24, 2.45) is 5.73 Å². The van der Waals surface area contributed by atoms with Crippen LogP contribution < -0.4 is 21.9 Å². The zero-order chi connectivity index (χ0) is 12.0. The number of aliphatic carboxylic acids is 1. The van der Waals surface area contributed by atoms with Gasteiger partial charge in [-0.15, -0.1) is 0 Å². The summed E-state index contributed by atoms with van der Waals surface area (Å²) in [6, 6.07) is -2.49. The van der Waals surface area contributed by atoms with Crippen molar-refractivity contribution in [3.63, 3.8) is 0 Å². The molecule has 0 saturated heterocycles. The number of carboxylic acid groups (broad SMARTS) is 1. The van der Waals surface area contributed by atoms with Crippen LogP contribution in [0.5, 0.6) is 0 Å². The maximum Gasteiger partial charge on any atom is 0.281 e. The number of carboxylic acids is 1. The number of primary amides is 1. The first kappa shape index (κ1) is 16.7. The summed E-state index contributed by atoms with van der Waals surface area (Å²) in [6.45, 7) is -0.526. The molecular weight excluding hydrogens is 222 g/mol. The van der Waals surface area contributed by atoms with Crippen molar-refractivity contribution in [1.29, 1.82) is 0 Å². The number of nitrogens with two attached hydrogens (primary N) is 1. The fraction of sp³-hybridized carbons (Fsp3) is 0.571. The number of hydrogen-bond acceptors (Lipinski definition) is 5. The number of nitrogens with one attached hydrogen (secondary N) is 1. The van der Waals surface area contributed by atoms with Gasteiger partial charge in [0, 0.05) is 0 Å². The van der Waals surface area contributed by atoms with Crippen LogP contribution in [0.2, 0.25) is 0 Å². The summed E-state index contributed by atoms with van der Waals surface area (Å²) in [5.74, 6) is -3.28. The Labute approximate surface area is 90.7 Å². The molecule has 0 aromatic heterocycles. The molecule has 0 heterocycles. The summed E-state index contributed by atoms with van der Waals surface area (Å²) in [4.78, 5) is 32.0. The molecule has 9 N–H and O–H groups in total. The minimum Gasteiger partial charge on any atom is -0.548 e. The number of quaternary nitrogens is 1. The third-order valence-corrected chi connectivity index (χ3v) is 1.60. The molecule has 0 bridgehead atoms. The minimum atomic E-state index is -1.62. The second-order valence-corrected chi connectivity index (χ2v) is 2.93. The van der Waals surface area contributed by atoms with Crippen molar-refractivity contribution in [3.8, 4) is 0 Å². The molecule has 0 rings (SSSR count). The molecule has 0 saturated carbocycles. The molecule has 9 heteroatoms. The standard InChI is InChI=1S/C7H13N3O5.H2O/c8-3(2-11)6(13)10-4(7(14)15)1-5(9)12;/h3-4,11H,1-2,8H2,(H2,9,12)(H,10,13)(H,14,15);1H2/t3-,4-;/m0./s1. The fourth-order valence-corrected chi connectivity index (χ4v) is 0.767. The molecule has 0 fully saturated rings. The van der Waals surface area contributed by atoms with Gasteiger partial charge in [-0.25, -0.2) is 0 Å². The molecule has 0 unspecified atom stereocenters. The Morgan fingerprint density at radius 3 is 2.25 bits per heavy atom. The van der Waals surface area contributed by atoms with E-state index in [1.807, 2.05) is 5.32 Å². The van der Waals surface area contributed by atoms with Crippen LogP contribution in [0.4, 0.5) is 0 Å². The highest BCUT2D eigenvalue weighted by Gasteiger charge is 2.21. The number of amides is 2. The van der Waals surface area contributed by atoms with Crippen LogP contribution in [0.15, 0.2) is 0 Å². The summed E-state index contributed by atoms with van der Waals surface area (Å²) in [7, 11) is 0. The lowest BCUT2D eigenvalue weighted by molar-refractivity contribution is -0.409. The molecule has 2 atom stereocenters. The van der Waals surface area contributed by atoms with Crippen LogP contribution in [-0.2, 0) is 14.4 Å². The lowest BCUT2D eigenvalue weighted by Crippen LogP contribution is -2.70. The topological polar surface area (TPSA) is 192 Å². The Kier molecular flexibility index (Phi) is 7.90. The molecule has 0 aliphatic carbocycles. The van der Waals surface area contributed by atoms with Crippen LogP contribution in [0, 0.1) is 0 Å². The summed E-state index contributed by atoms with van der Waals surface area (Å²) in [5.41, 5.74) is 8.03. The van der Waals surface area contributed by atoms with E-state index < -0.39 is 42.9 Å². The first-order valence-electron chi connectivity index (χ1n) is 4.12. The third-order valence-electron chi connectivity index (χ3n) is 1.60. The Morgan fingerprint density at radius 2 is 1.94 bits per heavy atom. The molecule has 9 nitrogen and oxygen atoms in total. The average molecular weight is 237 g/mol. The maximum atomic E-state index is 11.1. The Hall–Kier alpha value is -1.71. The number of aliphatic hydroxyl groups is 1. The number of aliphatic hydroxyl groups excluding tert-OH is 1. The highest BCUT2D eigenvalue weighted by atomic mass is 16.4. The van der Waals surface area contributed by atoms with Gasteiger partial charge in [0.25, 0.3) is 5.91 Å². The van der Waals surface area contributed by atoms with Crippen molar-refractivity contribution >= 4 is 17.8 Å². The molecule has 94 valence electrons. The average Bonchev–Trinajstić information content (AvgIpc) is 2.14. The summed E-state index contributed by atoms with van der Waals surface area (Å²) >= 11 is 0. The molecule has 0 aliphatic rings. The van der Waals surface area contributed by atoms with E-state index >= 15 is 0 Å². The predicted octanol–water partition coefficient (Wildman–Crippen LogP) is -6.13. The summed E-state index contributed by atoms with van der Waals surface area (Å²) in [5, 5.41) is 21.0. The van der Waals surface area contributed by atoms with E-state index in [2.05, 4.69) is 5.73 Å². The van der Waals surface area contributed by atoms with Gasteiger partial charge in [0.05, 0.1) is 18.4 Å². The summed E-state index contributed by atoms with van der Waals surface area (Å²) < 4.78 is 0. The highest BCUT2D eigenvalue weighted by Crippen LogP contribution is 1.90. The molecule has 0 aromatic carbocycles. The largest absolute Gasteiger partial charge is 0.548 e. The molecule has 0 aromatic rings. The van der Waals surface area contributed by atoms with Crippen LogP contribution in [-0.4, -0.2) is 47.1 Å². The third kappa shape index (κ3) is 5.90. The van der Waals surface area contributed by atoms with Crippen molar-refractivity contribution < 1.29 is 35.8 Å². The molecule has 16 heavy (non-hydrogen) atoms. The maximum absolute atomic E-state index is 11.1. The smallest absolute Gasteiger partial charge is 0.281 e. The van der Waals surface area contributed by atoms with Gasteiger partial charge in [-0.05, 0) is 0 Å². The SMILES string of the molecule is NC(=O)C[C@H](NC(=O)[C@@H]([NH3+])CO)C(=O)[O-].O. The number of hydrogen-bond donors (Lipinski definition) is 4. The van der Waals surface area contributed by atoms with E-state index in [0.717, 1.165) is 0 Å². The zero-order valence-electron chi connectivity index (χ0n) is 8.43. The van der Waals surface area contributed by atoms with Gasteiger partial charge in [-0.1, -0.05) is 0 Å². The summed E-state index contributed by atoms with van der Waals surface area (Å²) in [6.07, 6.45) is -0.563. The van der Waals surface area contributed by atoms with Crippen molar-refractivity contribution in [3.05, 3.63) is 0 Å². The van der Waals surface area contributed by atoms with Crippen molar-refractivity contribution in [2.45, 2.75) is 18.5 Å². The Balaban J connectivity index is 0. The first-order chi connectivity index (χ1) is 6.88. The van der Waals surface area contributed by atoms with Gasteiger partial charge in [-0.2, -0.15) is 0 Å². The van der Waals surface area contributed by atoms with Crippen LogP contribution in [0.3, 0.4) is 0 Å². The van der Waals surface area contributed by atoms with E-state index in [9.17, 15) is 19.5 Å². The van der Waals surface area contributed by atoms with E-state index in [1.54, 1.807) is 0 Å². The van der Waals surface area contributed by atoms with Crippen LogP contribution in [0.25, 0.3) is 0 Å². The highest BCUT2D eigenvalue weighted by molar-refractivity contribution is 5.88. The van der Waals surface area contributed by atoms with Gasteiger partial charge < -0.3 is 37.3 Å². The second kappa shape index (κ2) is 7.56. The first-order valence-corrected chi connectivity index (χ1v) is 4.12.